The summed E-state index contributed by atoms with van der Waals surface area (Å²) in [5.41, 5.74) is 0. The van der Waals surface area contributed by atoms with Gasteiger partial charge in [0.2, 0.25) is 0 Å². The second kappa shape index (κ2) is 26.7. The van der Waals surface area contributed by atoms with Gasteiger partial charge in [0.15, 0.2) is 0 Å². The fourth-order valence-electron chi connectivity index (χ4n) is 0. The molecular weight excluding hydrogens is 114 g/mol. The van der Waals surface area contributed by atoms with Crippen molar-refractivity contribution in [3.8, 4) is 0 Å². The molecule has 5 heavy (non-hydrogen) atoms. The molecule has 0 nitrogen and oxygen atoms in total. The molecule has 0 aromatic heterocycles. The average molecular weight is 123 g/mol. The van der Waals surface area contributed by atoms with Crippen LogP contribution < -0.4 is 103 Å². The molecule has 0 unspecified atom stereocenters. The average Bonchev–Trinajstić information content (AvgIpc) is 1.00. The molecule has 0 heterocycles. The van der Waals surface area contributed by atoms with Crippen molar-refractivity contribution in [3.05, 3.63) is 14.4 Å². The van der Waals surface area contributed by atoms with Crippen molar-refractivity contribution >= 4 is 0 Å². The summed E-state index contributed by atoms with van der Waals surface area (Å²) in [4.78, 5) is 0. The molecule has 0 saturated carbocycles. The minimum Gasteiger partial charge on any atom is -1.00 e. The summed E-state index contributed by atoms with van der Waals surface area (Å²) in [6.07, 6.45) is 0. The third-order valence-corrected chi connectivity index (χ3v) is 0. The molecule has 0 N–H and O–H groups in total. The van der Waals surface area contributed by atoms with Crippen LogP contribution in [-0.2, 0) is 0 Å². The molecule has 0 fully saturated rings. The van der Waals surface area contributed by atoms with E-state index in [1.807, 2.05) is 0 Å². The van der Waals surface area contributed by atoms with E-state index in [2.05, 4.69) is 6.92 Å². The summed E-state index contributed by atoms with van der Waals surface area (Å²) < 4.78 is 0. The van der Waals surface area contributed by atoms with E-state index in [0.29, 0.717) is 0 Å². The molecule has 0 radical (unpaired) electrons. The molecular formula is C3H9K2-. The summed E-state index contributed by atoms with van der Waals surface area (Å²) in [7, 11) is 0. The second-order valence-electron chi connectivity index (χ2n) is 0. The molecule has 2 heteroatoms. The van der Waals surface area contributed by atoms with E-state index in [0.717, 1.165) is 0 Å². The third kappa shape index (κ3) is 18.9. The van der Waals surface area contributed by atoms with Gasteiger partial charge in [-0.2, -0.15) is 6.92 Å². The van der Waals surface area contributed by atoms with Crippen LogP contribution in [0.3, 0.4) is 0 Å². The van der Waals surface area contributed by atoms with Gasteiger partial charge in [0, 0.05) is 0 Å². The summed E-state index contributed by atoms with van der Waals surface area (Å²) in [5.74, 6) is 0. The number of rotatable bonds is 0. The first-order valence-electron chi connectivity index (χ1n) is 0.707. The van der Waals surface area contributed by atoms with Crippen LogP contribution in [0.15, 0.2) is 0 Å². The molecule has 0 atom stereocenters. The molecule has 0 aromatic carbocycles. The van der Waals surface area contributed by atoms with Gasteiger partial charge in [-0.1, -0.05) is 0 Å². The van der Waals surface area contributed by atoms with E-state index in [4.69, 9.17) is 0 Å². The minimum atomic E-state index is 0. The summed E-state index contributed by atoms with van der Waals surface area (Å²) >= 11 is 0. The van der Waals surface area contributed by atoms with Crippen LogP contribution in [0.1, 0.15) is 8.35 Å². The topological polar surface area (TPSA) is 0 Å². The van der Waals surface area contributed by atoms with Crippen molar-refractivity contribution in [2.45, 2.75) is 6.92 Å². The van der Waals surface area contributed by atoms with E-state index < -0.39 is 0 Å². The van der Waals surface area contributed by atoms with Crippen LogP contribution in [0, 0.1) is 14.4 Å². The second-order valence-corrected chi connectivity index (χ2v) is 0. The number of hydrogen-bond donors (Lipinski definition) is 0. The first-order chi connectivity index (χ1) is 1.00. The minimum absolute atomic E-state index is 0. The van der Waals surface area contributed by atoms with Gasteiger partial charge >= 0.3 is 103 Å². The Morgan fingerprint density at radius 1 is 1.20 bits per heavy atom. The first-order valence-corrected chi connectivity index (χ1v) is 0.707. The van der Waals surface area contributed by atoms with Gasteiger partial charge in [0.05, 0.1) is 0 Å². The maximum atomic E-state index is 3.25. The molecule has 24 valence electrons. The van der Waals surface area contributed by atoms with Crippen LogP contribution in [0.5, 0.6) is 0 Å². The Kier molecular flexibility index (Phi) is 128. The molecule has 0 aliphatic heterocycles. The van der Waals surface area contributed by atoms with Crippen molar-refractivity contribution in [1.29, 1.82) is 0 Å². The first kappa shape index (κ1) is 24.0. The van der Waals surface area contributed by atoms with Crippen molar-refractivity contribution in [2.75, 3.05) is 0 Å². The Hall–Kier alpha value is 3.27. The van der Waals surface area contributed by atoms with Gasteiger partial charge in [-0.15, -0.1) is 0 Å². The molecule has 0 saturated heterocycles. The van der Waals surface area contributed by atoms with Crippen LogP contribution in [0.25, 0.3) is 0 Å². The van der Waals surface area contributed by atoms with Gasteiger partial charge in [-0.05, 0) is 0 Å². The Labute approximate surface area is 122 Å². The van der Waals surface area contributed by atoms with Gasteiger partial charge < -0.3 is 15.8 Å². The fourth-order valence-corrected chi connectivity index (χ4v) is 0. The van der Waals surface area contributed by atoms with Crippen molar-refractivity contribution in [3.63, 3.8) is 0 Å². The van der Waals surface area contributed by atoms with E-state index in [1.165, 1.54) is 0 Å². The summed E-state index contributed by atoms with van der Waals surface area (Å²) in [6, 6.07) is 0. The monoisotopic (exact) mass is 123 g/mol. The molecule has 0 aliphatic rings. The predicted octanol–water partition coefficient (Wildman–Crippen LogP) is -4.59. The Balaban J connectivity index is -0.000000000833. The third-order valence-electron chi connectivity index (χ3n) is 0. The molecule has 0 spiro atoms. The standard InChI is InChI=1S/C2H5.CH3.2K.H/c1-2;;;;/h1H2,2H3;1H3;;;/q2*-1;2*+1;-1. The number of hydrogen-bond acceptors (Lipinski definition) is 0. The van der Waals surface area contributed by atoms with Gasteiger partial charge in [-0.25, -0.2) is 0 Å². The zero-order valence-corrected chi connectivity index (χ0v) is 11.0. The maximum Gasteiger partial charge on any atom is 1.00 e. The summed E-state index contributed by atoms with van der Waals surface area (Å²) in [5, 5.41) is 0. The quantitative estimate of drug-likeness (QED) is 0.225. The van der Waals surface area contributed by atoms with Crippen molar-refractivity contribution in [2.24, 2.45) is 0 Å². The largest absolute Gasteiger partial charge is 1.00 e. The molecule has 0 bridgehead atoms. The molecule has 0 aliphatic carbocycles. The van der Waals surface area contributed by atoms with Crippen molar-refractivity contribution < 1.29 is 104 Å². The zero-order valence-electron chi connectivity index (χ0n) is 5.71. The van der Waals surface area contributed by atoms with Crippen LogP contribution >= 0.6 is 0 Å². The molecule has 0 amide bonds. The van der Waals surface area contributed by atoms with E-state index in [9.17, 15) is 0 Å². The normalized spacial score (nSPS) is 1.20. The van der Waals surface area contributed by atoms with Crippen LogP contribution in [-0.4, -0.2) is 0 Å². The Morgan fingerprint density at radius 3 is 1.20 bits per heavy atom. The Bertz CT molecular complexity index is 8.75. The van der Waals surface area contributed by atoms with E-state index in [1.54, 1.807) is 6.92 Å². The fraction of sp³-hybridized carbons (Fsp3) is 0.333. The predicted molar refractivity (Wildman–Crippen MR) is 18.6 cm³/mol. The summed E-state index contributed by atoms with van der Waals surface area (Å²) in [6.45, 7) is 5.00. The molecule has 0 aromatic rings. The van der Waals surface area contributed by atoms with Crippen LogP contribution in [0.4, 0.5) is 0 Å². The Morgan fingerprint density at radius 2 is 1.20 bits per heavy atom. The smallest absolute Gasteiger partial charge is 1.00 e. The maximum absolute atomic E-state index is 3.25. The van der Waals surface area contributed by atoms with Gasteiger partial charge in [0.25, 0.3) is 0 Å². The van der Waals surface area contributed by atoms with E-state index >= 15 is 0 Å². The SMILES string of the molecule is [CH2-]C.[CH3-].[H-].[K+].[K+]. The van der Waals surface area contributed by atoms with Crippen LogP contribution in [0.2, 0.25) is 0 Å². The molecule has 0 rings (SSSR count). The van der Waals surface area contributed by atoms with Gasteiger partial charge in [-0.3, -0.25) is 0 Å². The van der Waals surface area contributed by atoms with Gasteiger partial charge in [0.1, 0.15) is 0 Å². The zero-order chi connectivity index (χ0) is 2.00. The van der Waals surface area contributed by atoms with E-state index in [-0.39, 0.29) is 112 Å². The van der Waals surface area contributed by atoms with Crippen molar-refractivity contribution in [1.82, 2.24) is 0 Å².